The lowest BCUT2D eigenvalue weighted by molar-refractivity contribution is -0.383. The van der Waals surface area contributed by atoms with Gasteiger partial charge in [-0.1, -0.05) is 0 Å². The second-order valence-electron chi connectivity index (χ2n) is 7.73. The maximum Gasteiger partial charge on any atom is 0.410 e. The van der Waals surface area contributed by atoms with Crippen LogP contribution in [0.15, 0.2) is 30.5 Å². The molecular formula is C19H24N4O4. The molecule has 0 spiro atoms. The molecule has 1 aliphatic heterocycles. The van der Waals surface area contributed by atoms with Crippen LogP contribution in [0.4, 0.5) is 16.2 Å². The number of nitro benzene ring substituents is 1. The number of ether oxygens (including phenoxy) is 1. The van der Waals surface area contributed by atoms with Crippen LogP contribution in [-0.4, -0.2) is 52.2 Å². The van der Waals surface area contributed by atoms with Gasteiger partial charge in [0.1, 0.15) is 11.1 Å². The van der Waals surface area contributed by atoms with Crippen molar-refractivity contribution >= 4 is 28.4 Å². The van der Waals surface area contributed by atoms with Gasteiger partial charge in [-0.2, -0.15) is 0 Å². The van der Waals surface area contributed by atoms with Gasteiger partial charge in [0, 0.05) is 37.9 Å². The molecule has 1 aliphatic rings. The largest absolute Gasteiger partial charge is 0.444 e. The Morgan fingerprint density at radius 3 is 2.67 bits per heavy atom. The van der Waals surface area contributed by atoms with Crippen LogP contribution in [-0.2, 0) is 4.74 Å². The highest BCUT2D eigenvalue weighted by Crippen LogP contribution is 2.33. The van der Waals surface area contributed by atoms with Crippen molar-refractivity contribution in [1.82, 2.24) is 9.88 Å². The number of amides is 1. The molecule has 0 radical (unpaired) electrons. The first-order chi connectivity index (χ1) is 12.7. The van der Waals surface area contributed by atoms with E-state index < -0.39 is 10.5 Å². The summed E-state index contributed by atoms with van der Waals surface area (Å²) in [7, 11) is 0. The Hall–Kier alpha value is -2.90. The van der Waals surface area contributed by atoms with Crippen LogP contribution in [0.1, 0.15) is 27.7 Å². The highest BCUT2D eigenvalue weighted by molar-refractivity contribution is 5.97. The van der Waals surface area contributed by atoms with Crippen LogP contribution in [0.2, 0.25) is 0 Å². The van der Waals surface area contributed by atoms with E-state index in [4.69, 9.17) is 4.74 Å². The second kappa shape index (κ2) is 7.02. The summed E-state index contributed by atoms with van der Waals surface area (Å²) >= 11 is 0. The van der Waals surface area contributed by atoms with Gasteiger partial charge in [-0.25, -0.2) is 4.79 Å². The molecule has 2 aromatic rings. The molecule has 1 amide bonds. The number of benzene rings is 1. The quantitative estimate of drug-likeness (QED) is 0.591. The lowest BCUT2D eigenvalue weighted by Gasteiger charge is -2.41. The van der Waals surface area contributed by atoms with E-state index in [9.17, 15) is 14.9 Å². The van der Waals surface area contributed by atoms with E-state index in [1.807, 2.05) is 27.7 Å². The van der Waals surface area contributed by atoms with E-state index in [1.165, 1.54) is 6.07 Å². The smallest absolute Gasteiger partial charge is 0.410 e. The number of nitro groups is 1. The van der Waals surface area contributed by atoms with Gasteiger partial charge >= 0.3 is 6.09 Å². The van der Waals surface area contributed by atoms with Crippen LogP contribution in [0, 0.1) is 10.1 Å². The molecule has 0 unspecified atom stereocenters. The first-order valence-corrected chi connectivity index (χ1v) is 8.94. The zero-order valence-corrected chi connectivity index (χ0v) is 16.0. The predicted octanol–water partition coefficient (Wildman–Crippen LogP) is 3.59. The molecule has 8 nitrogen and oxygen atoms in total. The van der Waals surface area contributed by atoms with Gasteiger partial charge in [0.05, 0.1) is 16.0 Å². The van der Waals surface area contributed by atoms with Crippen molar-refractivity contribution in [3.8, 4) is 0 Å². The van der Waals surface area contributed by atoms with E-state index in [1.54, 1.807) is 29.3 Å². The number of fused-ring (bicyclic) bond motifs is 1. The molecule has 0 aliphatic carbocycles. The highest BCUT2D eigenvalue weighted by atomic mass is 16.6. The number of carbonyl (C=O) groups is 1. The third-order valence-electron chi connectivity index (χ3n) is 4.52. The van der Waals surface area contributed by atoms with Gasteiger partial charge in [0.15, 0.2) is 0 Å². The van der Waals surface area contributed by atoms with Gasteiger partial charge in [-0.05, 0) is 45.9 Å². The molecule has 0 bridgehead atoms. The summed E-state index contributed by atoms with van der Waals surface area (Å²) in [6.07, 6.45) is 1.32. The molecule has 1 aromatic carbocycles. The summed E-state index contributed by atoms with van der Waals surface area (Å²) in [6.45, 7) is 9.23. The molecule has 1 atom stereocenters. The average molecular weight is 372 g/mol. The average Bonchev–Trinajstić information content (AvgIpc) is 2.58. The normalized spacial score (nSPS) is 17.9. The Kier molecular flexibility index (Phi) is 4.91. The number of hydrogen-bond donors (Lipinski definition) is 0. The summed E-state index contributed by atoms with van der Waals surface area (Å²) < 4.78 is 5.48. The molecule has 3 rings (SSSR count). The number of non-ortho nitro benzene ring substituents is 1. The van der Waals surface area contributed by atoms with Gasteiger partial charge in [-0.15, -0.1) is 0 Å². The minimum Gasteiger partial charge on any atom is -0.444 e. The fourth-order valence-electron chi connectivity index (χ4n) is 3.33. The minimum absolute atomic E-state index is 0.0438. The van der Waals surface area contributed by atoms with E-state index in [0.717, 1.165) is 5.69 Å². The number of carbonyl (C=O) groups excluding carboxylic acids is 1. The zero-order valence-electron chi connectivity index (χ0n) is 16.0. The van der Waals surface area contributed by atoms with Crippen molar-refractivity contribution in [3.63, 3.8) is 0 Å². The Morgan fingerprint density at radius 1 is 1.30 bits per heavy atom. The first-order valence-electron chi connectivity index (χ1n) is 8.94. The molecule has 2 heterocycles. The number of rotatable bonds is 2. The topological polar surface area (TPSA) is 88.8 Å². The van der Waals surface area contributed by atoms with E-state index in [-0.39, 0.29) is 17.8 Å². The number of nitrogens with zero attached hydrogens (tertiary/aromatic N) is 4. The molecule has 1 saturated heterocycles. The Labute approximate surface area is 157 Å². The predicted molar refractivity (Wildman–Crippen MR) is 103 cm³/mol. The number of hydrogen-bond acceptors (Lipinski definition) is 6. The Balaban J connectivity index is 1.85. The summed E-state index contributed by atoms with van der Waals surface area (Å²) in [6, 6.07) is 6.61. The summed E-state index contributed by atoms with van der Waals surface area (Å²) in [5.74, 6) is 0. The van der Waals surface area contributed by atoms with Crippen LogP contribution in [0.25, 0.3) is 10.9 Å². The molecule has 1 aromatic heterocycles. The number of pyridine rings is 1. The Morgan fingerprint density at radius 2 is 2.04 bits per heavy atom. The van der Waals surface area contributed by atoms with Gasteiger partial charge in [0.25, 0.3) is 5.69 Å². The maximum absolute atomic E-state index is 12.4. The first kappa shape index (κ1) is 18.9. The van der Waals surface area contributed by atoms with E-state index >= 15 is 0 Å². The second-order valence-corrected chi connectivity index (χ2v) is 7.73. The molecule has 144 valence electrons. The number of piperazine rings is 1. The Bertz CT molecular complexity index is 878. The monoisotopic (exact) mass is 372 g/mol. The molecule has 27 heavy (non-hydrogen) atoms. The van der Waals surface area contributed by atoms with Crippen LogP contribution < -0.4 is 4.90 Å². The van der Waals surface area contributed by atoms with Crippen molar-refractivity contribution in [3.05, 3.63) is 40.6 Å². The van der Waals surface area contributed by atoms with Crippen LogP contribution >= 0.6 is 0 Å². The standard InChI is InChI=1S/C19H24N4O4/c1-13-12-21(10-11-22(13)18(24)27-19(2,3)4)16-8-7-15(23(25)26)14-6-5-9-20-17(14)16/h5-9,13H,10-12H2,1-4H3/t13-/m1/s1. The van der Waals surface area contributed by atoms with E-state index in [2.05, 4.69) is 9.88 Å². The third-order valence-corrected chi connectivity index (χ3v) is 4.52. The van der Waals surface area contributed by atoms with Gasteiger partial charge in [0.2, 0.25) is 0 Å². The lowest BCUT2D eigenvalue weighted by Crippen LogP contribution is -2.55. The van der Waals surface area contributed by atoms with Crippen molar-refractivity contribution < 1.29 is 14.5 Å². The highest BCUT2D eigenvalue weighted by Gasteiger charge is 2.32. The zero-order chi connectivity index (χ0) is 19.8. The molecule has 0 N–H and O–H groups in total. The van der Waals surface area contributed by atoms with E-state index in [0.29, 0.717) is 30.5 Å². The van der Waals surface area contributed by atoms with Crippen molar-refractivity contribution in [2.45, 2.75) is 39.3 Å². The van der Waals surface area contributed by atoms with Gasteiger partial charge in [-0.3, -0.25) is 15.1 Å². The SMILES string of the molecule is C[C@@H]1CN(c2ccc([N+](=O)[O-])c3cccnc23)CCN1C(=O)OC(C)(C)C. The maximum atomic E-state index is 12.4. The fourth-order valence-corrected chi connectivity index (χ4v) is 3.33. The van der Waals surface area contributed by atoms with Crippen molar-refractivity contribution in [1.29, 1.82) is 0 Å². The summed E-state index contributed by atoms with van der Waals surface area (Å²) in [4.78, 5) is 31.5. The minimum atomic E-state index is -0.535. The molecular weight excluding hydrogens is 348 g/mol. The molecule has 0 saturated carbocycles. The van der Waals surface area contributed by atoms with Crippen molar-refractivity contribution in [2.24, 2.45) is 0 Å². The summed E-state index contributed by atoms with van der Waals surface area (Å²) in [5, 5.41) is 11.8. The molecule has 1 fully saturated rings. The molecule has 8 heteroatoms. The van der Waals surface area contributed by atoms with Crippen LogP contribution in [0.3, 0.4) is 0 Å². The fraction of sp³-hybridized carbons (Fsp3) is 0.474. The van der Waals surface area contributed by atoms with Crippen molar-refractivity contribution in [2.75, 3.05) is 24.5 Å². The van der Waals surface area contributed by atoms with Gasteiger partial charge < -0.3 is 14.5 Å². The third kappa shape index (κ3) is 3.94. The summed E-state index contributed by atoms with van der Waals surface area (Å²) in [5.41, 5.74) is 0.950. The number of anilines is 1. The van der Waals surface area contributed by atoms with Crippen LogP contribution in [0.5, 0.6) is 0 Å². The number of aromatic nitrogens is 1. The lowest BCUT2D eigenvalue weighted by atomic mass is 10.1.